The van der Waals surface area contributed by atoms with Crippen molar-refractivity contribution in [2.45, 2.75) is 59.2 Å². The average molecular weight is 537 g/mol. The summed E-state index contributed by atoms with van der Waals surface area (Å²) in [6, 6.07) is 0. The van der Waals surface area contributed by atoms with Gasteiger partial charge in [-0.1, -0.05) is 78.6 Å². The highest BCUT2D eigenvalue weighted by Crippen LogP contribution is 2.73. The molecule has 0 aromatic carbocycles. The van der Waals surface area contributed by atoms with Crippen LogP contribution >= 0.6 is 38.4 Å². The number of hydrogen-bond acceptors (Lipinski definition) is 6. The zero-order valence-corrected chi connectivity index (χ0v) is 23.7. The summed E-state index contributed by atoms with van der Waals surface area (Å²) in [4.78, 5) is 32.9. The first-order valence-corrected chi connectivity index (χ1v) is 14.5. The van der Waals surface area contributed by atoms with Crippen LogP contribution in [0.15, 0.2) is 0 Å². The minimum Gasteiger partial charge on any atom is -0.322 e. The summed E-state index contributed by atoms with van der Waals surface area (Å²) < 4.78 is 17.1. The fourth-order valence-electron chi connectivity index (χ4n) is 1.17. The number of halogens is 2. The first kappa shape index (κ1) is 41.9. The lowest BCUT2D eigenvalue weighted by atomic mass is 10.7. The Labute approximate surface area is 200 Å². The van der Waals surface area contributed by atoms with Gasteiger partial charge in [0.25, 0.3) is 0 Å². The van der Waals surface area contributed by atoms with E-state index in [1.807, 2.05) is 0 Å². The molecular formula is C17H48Cl2N4O6P2. The van der Waals surface area contributed by atoms with Gasteiger partial charge in [0.2, 0.25) is 0 Å². The van der Waals surface area contributed by atoms with Gasteiger partial charge in [0, 0.05) is 0 Å². The lowest BCUT2D eigenvalue weighted by molar-refractivity contribution is 0.345. The molecule has 0 amide bonds. The standard InChI is InChI=1S/4C4H11N.CH4Cl2O6P2/c4*1-3-5-4-2;2-1(3,10(4,5)6)11(7,8)9/h4*5H,3-4H2,1-2H3;(H2,4,5,6)(H2,7,8,9). The third kappa shape index (κ3) is 35.5. The molecular weight excluding hydrogens is 489 g/mol. The zero-order chi connectivity index (χ0) is 26.0. The molecule has 0 radical (unpaired) electrons. The summed E-state index contributed by atoms with van der Waals surface area (Å²) in [6.45, 7) is 25.6. The second kappa shape index (κ2) is 28.8. The summed E-state index contributed by atoms with van der Waals surface area (Å²) in [5.74, 6) is 0. The smallest absolute Gasteiger partial charge is 0.322 e. The Hall–Kier alpha value is 0.720. The van der Waals surface area contributed by atoms with Gasteiger partial charge in [-0.05, 0) is 52.4 Å². The van der Waals surface area contributed by atoms with Gasteiger partial charge in [0.1, 0.15) is 0 Å². The van der Waals surface area contributed by atoms with Gasteiger partial charge in [-0.15, -0.1) is 0 Å². The van der Waals surface area contributed by atoms with E-state index in [2.05, 4.69) is 76.7 Å². The number of rotatable bonds is 10. The third-order valence-electron chi connectivity index (χ3n) is 2.70. The van der Waals surface area contributed by atoms with Crippen molar-refractivity contribution < 1.29 is 28.7 Å². The van der Waals surface area contributed by atoms with Crippen molar-refractivity contribution in [3.8, 4) is 0 Å². The summed E-state index contributed by atoms with van der Waals surface area (Å²) in [5, 5.41) is 12.4. The highest BCUT2D eigenvalue weighted by Gasteiger charge is 2.58. The fourth-order valence-corrected chi connectivity index (χ4v) is 2.53. The second-order valence-corrected chi connectivity index (χ2v) is 11.7. The van der Waals surface area contributed by atoms with E-state index in [0.717, 1.165) is 52.4 Å². The minimum atomic E-state index is -5.22. The number of nitrogens with one attached hydrogen (secondary N) is 4. The van der Waals surface area contributed by atoms with E-state index in [1.165, 1.54) is 0 Å². The van der Waals surface area contributed by atoms with Crippen molar-refractivity contribution in [3.05, 3.63) is 0 Å². The quantitative estimate of drug-likeness (QED) is 0.154. The summed E-state index contributed by atoms with van der Waals surface area (Å²) in [5.41, 5.74) is 0. The summed E-state index contributed by atoms with van der Waals surface area (Å²) in [6.07, 6.45) is 0. The van der Waals surface area contributed by atoms with Crippen LogP contribution < -0.4 is 21.3 Å². The van der Waals surface area contributed by atoms with Gasteiger partial charge in [-0.3, -0.25) is 9.13 Å². The van der Waals surface area contributed by atoms with Gasteiger partial charge in [-0.25, -0.2) is 0 Å². The van der Waals surface area contributed by atoms with Crippen LogP contribution in [-0.4, -0.2) is 75.7 Å². The molecule has 10 nitrogen and oxygen atoms in total. The molecule has 31 heavy (non-hydrogen) atoms. The Morgan fingerprint density at radius 2 is 0.645 bits per heavy atom. The molecule has 0 aromatic rings. The first-order valence-electron chi connectivity index (χ1n) is 10.5. The van der Waals surface area contributed by atoms with Crippen LogP contribution in [0.1, 0.15) is 55.4 Å². The van der Waals surface area contributed by atoms with Gasteiger partial charge in [0.05, 0.1) is 0 Å². The molecule has 0 bridgehead atoms. The molecule has 0 rings (SSSR count). The molecule has 0 atom stereocenters. The molecule has 14 heteroatoms. The molecule has 0 spiro atoms. The van der Waals surface area contributed by atoms with Crippen LogP contribution in [0.2, 0.25) is 0 Å². The summed E-state index contributed by atoms with van der Waals surface area (Å²) in [7, 11) is -10.4. The Morgan fingerprint density at radius 3 is 0.645 bits per heavy atom. The predicted octanol–water partition coefficient (Wildman–Crippen LogP) is 2.89. The molecule has 0 saturated carbocycles. The number of alkyl halides is 2. The van der Waals surface area contributed by atoms with E-state index >= 15 is 0 Å². The van der Waals surface area contributed by atoms with Crippen molar-refractivity contribution >= 4 is 38.4 Å². The van der Waals surface area contributed by atoms with Crippen molar-refractivity contribution in [3.63, 3.8) is 0 Å². The summed E-state index contributed by atoms with van der Waals surface area (Å²) >= 11 is 9.46. The van der Waals surface area contributed by atoms with Crippen LogP contribution in [-0.2, 0) is 9.13 Å². The normalized spacial score (nSPS) is 10.8. The highest BCUT2D eigenvalue weighted by atomic mass is 35.5. The van der Waals surface area contributed by atoms with Crippen LogP contribution in [0.3, 0.4) is 0 Å². The van der Waals surface area contributed by atoms with Gasteiger partial charge < -0.3 is 40.8 Å². The molecule has 0 heterocycles. The van der Waals surface area contributed by atoms with E-state index < -0.39 is 19.0 Å². The fraction of sp³-hybridized carbons (Fsp3) is 1.00. The van der Waals surface area contributed by atoms with Crippen LogP contribution in [0.25, 0.3) is 0 Å². The number of hydrogen-bond donors (Lipinski definition) is 8. The highest BCUT2D eigenvalue weighted by molar-refractivity contribution is 7.78. The second-order valence-electron chi connectivity index (χ2n) is 5.43. The molecule has 0 fully saturated rings. The van der Waals surface area contributed by atoms with Crippen molar-refractivity contribution in [1.29, 1.82) is 0 Å². The van der Waals surface area contributed by atoms with Crippen LogP contribution in [0, 0.1) is 0 Å². The maximum Gasteiger partial charge on any atom is 0.373 e. The topological polar surface area (TPSA) is 163 Å². The maximum atomic E-state index is 10.2. The average Bonchev–Trinajstić information content (AvgIpc) is 2.65. The molecule has 0 unspecified atom stereocenters. The van der Waals surface area contributed by atoms with Crippen molar-refractivity contribution in [2.75, 3.05) is 52.4 Å². The first-order chi connectivity index (χ1) is 14.2. The van der Waals surface area contributed by atoms with E-state index in [9.17, 15) is 9.13 Å². The van der Waals surface area contributed by atoms with Crippen molar-refractivity contribution in [1.82, 2.24) is 21.3 Å². The van der Waals surface area contributed by atoms with Crippen LogP contribution in [0.5, 0.6) is 0 Å². The zero-order valence-electron chi connectivity index (χ0n) is 20.4. The lowest BCUT2D eigenvalue weighted by Gasteiger charge is -2.20. The Morgan fingerprint density at radius 1 is 0.516 bits per heavy atom. The van der Waals surface area contributed by atoms with E-state index in [4.69, 9.17) is 42.8 Å². The molecule has 0 aliphatic carbocycles. The van der Waals surface area contributed by atoms with Crippen molar-refractivity contribution in [2.24, 2.45) is 0 Å². The van der Waals surface area contributed by atoms with E-state index in [-0.39, 0.29) is 0 Å². The lowest BCUT2D eigenvalue weighted by Crippen LogP contribution is -2.13. The Kier molecular flexibility index (Phi) is 38.9. The Balaban J connectivity index is -0.0000000967. The van der Waals surface area contributed by atoms with E-state index in [1.54, 1.807) is 0 Å². The predicted molar refractivity (Wildman–Crippen MR) is 135 cm³/mol. The molecule has 0 aromatic heterocycles. The largest absolute Gasteiger partial charge is 0.373 e. The van der Waals surface area contributed by atoms with Gasteiger partial charge in [-0.2, -0.15) is 0 Å². The molecule has 0 aliphatic heterocycles. The van der Waals surface area contributed by atoms with Gasteiger partial charge >= 0.3 is 19.0 Å². The van der Waals surface area contributed by atoms with Gasteiger partial charge in [0.15, 0.2) is 0 Å². The molecule has 0 saturated heterocycles. The maximum absolute atomic E-state index is 10.2. The molecule has 196 valence electrons. The molecule has 8 N–H and O–H groups in total. The minimum absolute atomic E-state index is 1.09. The molecule has 0 aliphatic rings. The third-order valence-corrected chi connectivity index (χ3v) is 8.31. The monoisotopic (exact) mass is 536 g/mol. The van der Waals surface area contributed by atoms with E-state index in [0.29, 0.717) is 0 Å². The SMILES string of the molecule is CCNCC.CCNCC.CCNCC.CCNCC.O=P(O)(O)C(Cl)(Cl)P(=O)(O)O. The Bertz CT molecular complexity index is 371. The van der Waals surface area contributed by atoms with Crippen LogP contribution in [0.4, 0.5) is 0 Å².